The summed E-state index contributed by atoms with van der Waals surface area (Å²) >= 11 is 5.79. The van der Waals surface area contributed by atoms with Gasteiger partial charge < -0.3 is 4.74 Å². The van der Waals surface area contributed by atoms with Crippen LogP contribution in [-0.2, 0) is 4.74 Å². The largest absolute Gasteiger partial charge is 0.381 e. The van der Waals surface area contributed by atoms with E-state index in [1.54, 1.807) is 0 Å². The molecule has 2 atom stereocenters. The average Bonchev–Trinajstić information content (AvgIpc) is 2.29. The van der Waals surface area contributed by atoms with Crippen molar-refractivity contribution in [2.24, 2.45) is 0 Å². The Morgan fingerprint density at radius 1 is 1.38 bits per heavy atom. The van der Waals surface area contributed by atoms with Gasteiger partial charge >= 0.3 is 0 Å². The third kappa shape index (κ3) is 4.23. The monoisotopic (exact) mass is 247 g/mol. The van der Waals surface area contributed by atoms with Gasteiger partial charge in [-0.15, -0.1) is 11.6 Å². The van der Waals surface area contributed by atoms with Crippen LogP contribution in [0.2, 0.25) is 0 Å². The third-order valence-electron chi connectivity index (χ3n) is 3.61. The van der Waals surface area contributed by atoms with E-state index in [4.69, 9.17) is 16.3 Å². The minimum Gasteiger partial charge on any atom is -0.381 e. The fraction of sp³-hybridized carbons (Fsp3) is 1.00. The first-order valence-corrected chi connectivity index (χ1v) is 7.07. The predicted molar refractivity (Wildman–Crippen MR) is 70.2 cm³/mol. The zero-order chi connectivity index (χ0) is 12.0. The third-order valence-corrected chi connectivity index (χ3v) is 3.88. The van der Waals surface area contributed by atoms with Crippen LogP contribution in [0.25, 0.3) is 0 Å². The van der Waals surface area contributed by atoms with E-state index in [-0.39, 0.29) is 0 Å². The van der Waals surface area contributed by atoms with Gasteiger partial charge in [0.25, 0.3) is 0 Å². The number of halogens is 1. The Bertz CT molecular complexity index is 187. The second-order valence-electron chi connectivity index (χ2n) is 5.05. The Hall–Kier alpha value is 0.210. The van der Waals surface area contributed by atoms with Gasteiger partial charge in [-0.2, -0.15) is 0 Å². The molecule has 1 fully saturated rings. The van der Waals surface area contributed by atoms with E-state index in [2.05, 4.69) is 18.7 Å². The van der Waals surface area contributed by atoms with Crippen LogP contribution in [-0.4, -0.2) is 42.6 Å². The van der Waals surface area contributed by atoms with Gasteiger partial charge in [-0.05, 0) is 52.5 Å². The SMILES string of the molecule is COC1CCCC(N(CCCCl)C(C)C)C1. The molecule has 0 aliphatic heterocycles. The highest BCUT2D eigenvalue weighted by Crippen LogP contribution is 2.26. The van der Waals surface area contributed by atoms with Crippen LogP contribution in [0.15, 0.2) is 0 Å². The van der Waals surface area contributed by atoms with Crippen LogP contribution >= 0.6 is 11.6 Å². The van der Waals surface area contributed by atoms with Crippen molar-refractivity contribution >= 4 is 11.6 Å². The van der Waals surface area contributed by atoms with Gasteiger partial charge in [-0.3, -0.25) is 4.90 Å². The first-order chi connectivity index (χ1) is 7.69. The average molecular weight is 248 g/mol. The van der Waals surface area contributed by atoms with Crippen LogP contribution in [0.4, 0.5) is 0 Å². The molecule has 1 aliphatic rings. The number of rotatable bonds is 6. The fourth-order valence-corrected chi connectivity index (χ4v) is 2.86. The highest BCUT2D eigenvalue weighted by Gasteiger charge is 2.27. The van der Waals surface area contributed by atoms with Crippen molar-refractivity contribution in [2.75, 3.05) is 19.5 Å². The molecule has 2 nitrogen and oxygen atoms in total. The van der Waals surface area contributed by atoms with Crippen molar-refractivity contribution in [2.45, 2.75) is 64.1 Å². The molecule has 2 unspecified atom stereocenters. The maximum atomic E-state index is 5.79. The summed E-state index contributed by atoms with van der Waals surface area (Å²) in [5.74, 6) is 0.768. The topological polar surface area (TPSA) is 12.5 Å². The molecule has 0 aromatic heterocycles. The summed E-state index contributed by atoms with van der Waals surface area (Å²) in [6.07, 6.45) is 6.60. The van der Waals surface area contributed by atoms with Crippen LogP contribution in [0.5, 0.6) is 0 Å². The molecule has 3 heteroatoms. The zero-order valence-electron chi connectivity index (χ0n) is 10.9. The predicted octanol–water partition coefficient (Wildman–Crippen LogP) is 3.28. The van der Waals surface area contributed by atoms with Gasteiger partial charge in [0.05, 0.1) is 6.10 Å². The summed E-state index contributed by atoms with van der Waals surface area (Å²) in [7, 11) is 1.84. The minimum atomic E-state index is 0.469. The van der Waals surface area contributed by atoms with E-state index in [0.29, 0.717) is 18.2 Å². The lowest BCUT2D eigenvalue weighted by atomic mass is 9.91. The molecule has 16 heavy (non-hydrogen) atoms. The maximum absolute atomic E-state index is 5.79. The van der Waals surface area contributed by atoms with E-state index in [1.165, 1.54) is 25.7 Å². The molecule has 0 saturated heterocycles. The molecule has 0 radical (unpaired) electrons. The van der Waals surface area contributed by atoms with Crippen molar-refractivity contribution in [3.05, 3.63) is 0 Å². The van der Waals surface area contributed by atoms with Crippen LogP contribution in [0, 0.1) is 0 Å². The van der Waals surface area contributed by atoms with Crippen molar-refractivity contribution < 1.29 is 4.74 Å². The molecule has 0 heterocycles. The molecule has 1 aliphatic carbocycles. The summed E-state index contributed by atoms with van der Waals surface area (Å²) in [5.41, 5.74) is 0. The number of alkyl halides is 1. The lowest BCUT2D eigenvalue weighted by Gasteiger charge is -2.39. The van der Waals surface area contributed by atoms with Crippen LogP contribution in [0.3, 0.4) is 0 Å². The second-order valence-corrected chi connectivity index (χ2v) is 5.43. The first kappa shape index (κ1) is 14.3. The fourth-order valence-electron chi connectivity index (χ4n) is 2.74. The van der Waals surface area contributed by atoms with Gasteiger partial charge in [0.1, 0.15) is 0 Å². The molecular formula is C13H26ClNO. The lowest BCUT2D eigenvalue weighted by molar-refractivity contribution is 0.0189. The Balaban J connectivity index is 2.48. The molecule has 0 aromatic carbocycles. The summed E-state index contributed by atoms with van der Waals surface area (Å²) in [6, 6.07) is 1.31. The van der Waals surface area contributed by atoms with Crippen LogP contribution < -0.4 is 0 Å². The number of methoxy groups -OCH3 is 1. The number of hydrogen-bond acceptors (Lipinski definition) is 2. The molecule has 1 rings (SSSR count). The number of hydrogen-bond donors (Lipinski definition) is 0. The molecule has 0 amide bonds. The van der Waals surface area contributed by atoms with Crippen molar-refractivity contribution in [1.29, 1.82) is 0 Å². The maximum Gasteiger partial charge on any atom is 0.0586 e. The minimum absolute atomic E-state index is 0.469. The molecule has 0 bridgehead atoms. The van der Waals surface area contributed by atoms with Crippen molar-refractivity contribution in [3.8, 4) is 0 Å². The van der Waals surface area contributed by atoms with Gasteiger partial charge in [0, 0.05) is 25.1 Å². The standard InChI is InChI=1S/C13H26ClNO/c1-11(2)15(9-5-8-14)12-6-4-7-13(10-12)16-3/h11-13H,4-10H2,1-3H3. The molecule has 0 aromatic rings. The van der Waals surface area contributed by atoms with E-state index < -0.39 is 0 Å². The van der Waals surface area contributed by atoms with Crippen molar-refractivity contribution in [3.63, 3.8) is 0 Å². The smallest absolute Gasteiger partial charge is 0.0586 e. The highest BCUT2D eigenvalue weighted by atomic mass is 35.5. The van der Waals surface area contributed by atoms with E-state index in [0.717, 1.165) is 18.8 Å². The van der Waals surface area contributed by atoms with Gasteiger partial charge in [-0.1, -0.05) is 0 Å². The normalized spacial score (nSPS) is 26.6. The van der Waals surface area contributed by atoms with E-state index in [1.807, 2.05) is 7.11 Å². The Kier molecular flexibility index (Phi) is 6.71. The Morgan fingerprint density at radius 2 is 2.12 bits per heavy atom. The van der Waals surface area contributed by atoms with Gasteiger partial charge in [0.2, 0.25) is 0 Å². The zero-order valence-corrected chi connectivity index (χ0v) is 11.7. The Labute approximate surface area is 105 Å². The van der Waals surface area contributed by atoms with Crippen molar-refractivity contribution in [1.82, 2.24) is 4.90 Å². The molecule has 0 spiro atoms. The summed E-state index contributed by atoms with van der Waals surface area (Å²) < 4.78 is 5.50. The summed E-state index contributed by atoms with van der Waals surface area (Å²) in [6.45, 7) is 5.69. The summed E-state index contributed by atoms with van der Waals surface area (Å²) in [4.78, 5) is 2.60. The molecule has 0 N–H and O–H groups in total. The number of ether oxygens (including phenoxy) is 1. The second kappa shape index (κ2) is 7.52. The van der Waals surface area contributed by atoms with Gasteiger partial charge in [0.15, 0.2) is 0 Å². The molecular weight excluding hydrogens is 222 g/mol. The van der Waals surface area contributed by atoms with Crippen LogP contribution in [0.1, 0.15) is 46.0 Å². The quantitative estimate of drug-likeness (QED) is 0.668. The van der Waals surface area contributed by atoms with Gasteiger partial charge in [-0.25, -0.2) is 0 Å². The Morgan fingerprint density at radius 3 is 2.69 bits per heavy atom. The molecule has 96 valence electrons. The molecule has 1 saturated carbocycles. The van der Waals surface area contributed by atoms with E-state index in [9.17, 15) is 0 Å². The summed E-state index contributed by atoms with van der Waals surface area (Å²) in [5, 5.41) is 0. The number of nitrogens with zero attached hydrogens (tertiary/aromatic N) is 1. The lowest BCUT2D eigenvalue weighted by Crippen LogP contribution is -2.45. The first-order valence-electron chi connectivity index (χ1n) is 6.53. The van der Waals surface area contributed by atoms with E-state index >= 15 is 0 Å². The highest BCUT2D eigenvalue weighted by molar-refractivity contribution is 6.17.